The molecule has 1 fully saturated rings. The summed E-state index contributed by atoms with van der Waals surface area (Å²) in [5, 5.41) is 12.0. The topological polar surface area (TPSA) is 52.6 Å². The molecule has 1 aliphatic rings. The molecule has 1 atom stereocenters. The van der Waals surface area contributed by atoms with Crippen molar-refractivity contribution in [2.45, 2.75) is 58.5 Å². The third-order valence-electron chi connectivity index (χ3n) is 3.94. The standard InChI is InChI=1S/C16H26N2O2S/c1-11-10-15(13(3)21-11)12(2)17-16(20)18(14-6-7-14)8-4-5-9-19/h10,12,14,19H,4-9H2,1-3H3,(H,17,20). The first-order chi connectivity index (χ1) is 10.0. The van der Waals surface area contributed by atoms with E-state index in [0.29, 0.717) is 6.04 Å². The van der Waals surface area contributed by atoms with E-state index in [0.717, 1.165) is 32.2 Å². The van der Waals surface area contributed by atoms with Crippen LogP contribution in [0.15, 0.2) is 6.07 Å². The van der Waals surface area contributed by atoms with Crippen LogP contribution in [0.4, 0.5) is 4.79 Å². The van der Waals surface area contributed by atoms with Gasteiger partial charge in [-0.2, -0.15) is 0 Å². The van der Waals surface area contributed by atoms with Crippen molar-refractivity contribution < 1.29 is 9.90 Å². The van der Waals surface area contributed by atoms with Gasteiger partial charge in [-0.1, -0.05) is 0 Å². The van der Waals surface area contributed by atoms with Crippen LogP contribution >= 0.6 is 11.3 Å². The molecule has 1 aromatic heterocycles. The molecule has 2 N–H and O–H groups in total. The molecule has 5 heteroatoms. The molecule has 2 rings (SSSR count). The molecule has 1 heterocycles. The molecule has 0 radical (unpaired) electrons. The fourth-order valence-electron chi connectivity index (χ4n) is 2.66. The predicted molar refractivity (Wildman–Crippen MR) is 86.8 cm³/mol. The summed E-state index contributed by atoms with van der Waals surface area (Å²) in [4.78, 5) is 17.0. The van der Waals surface area contributed by atoms with Gasteiger partial charge < -0.3 is 15.3 Å². The van der Waals surface area contributed by atoms with Crippen molar-refractivity contribution in [3.8, 4) is 0 Å². The Balaban J connectivity index is 1.93. The van der Waals surface area contributed by atoms with Crippen LogP contribution in [0.2, 0.25) is 0 Å². The van der Waals surface area contributed by atoms with E-state index >= 15 is 0 Å². The SMILES string of the molecule is Cc1cc(C(C)NC(=O)N(CCCCO)C2CC2)c(C)s1. The summed E-state index contributed by atoms with van der Waals surface area (Å²) in [6.45, 7) is 7.19. The highest BCUT2D eigenvalue weighted by atomic mass is 32.1. The lowest BCUT2D eigenvalue weighted by Crippen LogP contribution is -2.43. The number of rotatable bonds is 7. The third-order valence-corrected chi connectivity index (χ3v) is 4.92. The van der Waals surface area contributed by atoms with E-state index in [2.05, 4.69) is 25.2 Å². The highest BCUT2D eigenvalue weighted by Crippen LogP contribution is 2.29. The molecule has 1 saturated carbocycles. The summed E-state index contributed by atoms with van der Waals surface area (Å²) < 4.78 is 0. The van der Waals surface area contributed by atoms with Crippen LogP contribution in [-0.4, -0.2) is 35.2 Å². The largest absolute Gasteiger partial charge is 0.396 e. The molecule has 2 amide bonds. The first-order valence-corrected chi connectivity index (χ1v) is 8.59. The van der Waals surface area contributed by atoms with Crippen molar-refractivity contribution in [2.24, 2.45) is 0 Å². The van der Waals surface area contributed by atoms with Crippen molar-refractivity contribution in [3.05, 3.63) is 21.4 Å². The minimum absolute atomic E-state index is 0.0335. The Morgan fingerprint density at radius 3 is 2.71 bits per heavy atom. The van der Waals surface area contributed by atoms with Gasteiger partial charge in [0.1, 0.15) is 0 Å². The second-order valence-electron chi connectivity index (χ2n) is 5.90. The smallest absolute Gasteiger partial charge is 0.318 e. The van der Waals surface area contributed by atoms with E-state index in [1.165, 1.54) is 15.3 Å². The number of carbonyl (C=O) groups is 1. The zero-order chi connectivity index (χ0) is 15.4. The summed E-state index contributed by atoms with van der Waals surface area (Å²) in [6, 6.07) is 2.65. The Morgan fingerprint density at radius 2 is 2.19 bits per heavy atom. The third kappa shape index (κ3) is 4.45. The first-order valence-electron chi connectivity index (χ1n) is 7.78. The first kappa shape index (κ1) is 16.3. The highest BCUT2D eigenvalue weighted by molar-refractivity contribution is 7.12. The Hall–Kier alpha value is -1.07. The second-order valence-corrected chi connectivity index (χ2v) is 7.36. The molecule has 118 valence electrons. The van der Waals surface area contributed by atoms with Gasteiger partial charge in [0.15, 0.2) is 0 Å². The number of hydrogen-bond donors (Lipinski definition) is 2. The number of nitrogens with one attached hydrogen (secondary N) is 1. The fourth-order valence-corrected chi connectivity index (χ4v) is 3.68. The van der Waals surface area contributed by atoms with Crippen LogP contribution in [0.1, 0.15) is 54.0 Å². The number of hydrogen-bond acceptors (Lipinski definition) is 3. The average molecular weight is 310 g/mol. The number of urea groups is 1. The molecule has 1 aliphatic carbocycles. The van der Waals surface area contributed by atoms with E-state index in [1.807, 2.05) is 11.8 Å². The molecule has 21 heavy (non-hydrogen) atoms. The number of carbonyl (C=O) groups excluding carboxylic acids is 1. The van der Waals surface area contributed by atoms with Gasteiger partial charge in [0.2, 0.25) is 0 Å². The minimum atomic E-state index is 0.0335. The summed E-state index contributed by atoms with van der Waals surface area (Å²) in [5.74, 6) is 0. The molecule has 1 unspecified atom stereocenters. The van der Waals surface area contributed by atoms with Crippen LogP contribution in [-0.2, 0) is 0 Å². The maximum atomic E-state index is 12.5. The number of aliphatic hydroxyl groups excluding tert-OH is 1. The molecular formula is C16H26N2O2S. The zero-order valence-electron chi connectivity index (χ0n) is 13.2. The predicted octanol–water partition coefficient (Wildman–Crippen LogP) is 3.37. The molecule has 0 saturated heterocycles. The maximum absolute atomic E-state index is 12.5. The van der Waals surface area contributed by atoms with E-state index in [-0.39, 0.29) is 18.7 Å². The molecule has 4 nitrogen and oxygen atoms in total. The van der Waals surface area contributed by atoms with E-state index in [1.54, 1.807) is 11.3 Å². The number of aryl methyl sites for hydroxylation is 2. The van der Waals surface area contributed by atoms with Gasteiger partial charge in [-0.15, -0.1) is 11.3 Å². The summed E-state index contributed by atoms with van der Waals surface area (Å²) in [5.41, 5.74) is 1.22. The lowest BCUT2D eigenvalue weighted by molar-refractivity contribution is 0.187. The number of amides is 2. The number of thiophene rings is 1. The normalized spacial score (nSPS) is 15.8. The van der Waals surface area contributed by atoms with Crippen LogP contribution < -0.4 is 5.32 Å². The quantitative estimate of drug-likeness (QED) is 0.759. The molecular weight excluding hydrogens is 284 g/mol. The lowest BCUT2D eigenvalue weighted by atomic mass is 10.1. The summed E-state index contributed by atoms with van der Waals surface area (Å²) >= 11 is 1.78. The van der Waals surface area contributed by atoms with Crippen LogP contribution in [0.25, 0.3) is 0 Å². The Kier molecular flexibility index (Phi) is 5.65. The van der Waals surface area contributed by atoms with Crippen LogP contribution in [0.5, 0.6) is 0 Å². The molecule has 0 bridgehead atoms. The number of aliphatic hydroxyl groups is 1. The Bertz CT molecular complexity index is 483. The second kappa shape index (κ2) is 7.27. The van der Waals surface area contributed by atoms with E-state index in [9.17, 15) is 4.79 Å². The van der Waals surface area contributed by atoms with Crippen LogP contribution in [0, 0.1) is 13.8 Å². The van der Waals surface area contributed by atoms with Crippen molar-refractivity contribution in [3.63, 3.8) is 0 Å². The van der Waals surface area contributed by atoms with Crippen molar-refractivity contribution in [1.29, 1.82) is 0 Å². The highest BCUT2D eigenvalue weighted by Gasteiger charge is 2.32. The van der Waals surface area contributed by atoms with Gasteiger partial charge in [0.05, 0.1) is 6.04 Å². The number of unbranched alkanes of at least 4 members (excludes halogenated alkanes) is 1. The van der Waals surface area contributed by atoms with E-state index < -0.39 is 0 Å². The minimum Gasteiger partial charge on any atom is -0.396 e. The average Bonchev–Trinajstić information content (AvgIpc) is 3.19. The number of nitrogens with zero attached hydrogens (tertiary/aromatic N) is 1. The van der Waals surface area contributed by atoms with Crippen molar-refractivity contribution >= 4 is 17.4 Å². The van der Waals surface area contributed by atoms with Gasteiger partial charge in [0.25, 0.3) is 0 Å². The van der Waals surface area contributed by atoms with Gasteiger partial charge in [-0.25, -0.2) is 4.79 Å². The van der Waals surface area contributed by atoms with Gasteiger partial charge in [0, 0.05) is 28.9 Å². The van der Waals surface area contributed by atoms with Crippen molar-refractivity contribution in [1.82, 2.24) is 10.2 Å². The van der Waals surface area contributed by atoms with Crippen LogP contribution in [0.3, 0.4) is 0 Å². The Morgan fingerprint density at radius 1 is 1.48 bits per heavy atom. The monoisotopic (exact) mass is 310 g/mol. The van der Waals surface area contributed by atoms with Gasteiger partial charge >= 0.3 is 6.03 Å². The molecule has 0 aliphatic heterocycles. The summed E-state index contributed by atoms with van der Waals surface area (Å²) in [6.07, 6.45) is 3.84. The van der Waals surface area contributed by atoms with Gasteiger partial charge in [-0.05, 0) is 58.1 Å². The molecule has 0 aromatic carbocycles. The van der Waals surface area contributed by atoms with Gasteiger partial charge in [-0.3, -0.25) is 0 Å². The molecule has 0 spiro atoms. The zero-order valence-corrected chi connectivity index (χ0v) is 14.0. The Labute approximate surface area is 131 Å². The van der Waals surface area contributed by atoms with E-state index in [4.69, 9.17) is 5.11 Å². The lowest BCUT2D eigenvalue weighted by Gasteiger charge is -2.25. The van der Waals surface area contributed by atoms with Crippen molar-refractivity contribution in [2.75, 3.05) is 13.2 Å². The summed E-state index contributed by atoms with van der Waals surface area (Å²) in [7, 11) is 0. The fraction of sp³-hybridized carbons (Fsp3) is 0.688. The molecule has 1 aromatic rings. The maximum Gasteiger partial charge on any atom is 0.318 e.